The number of anilines is 2. The molecule has 0 bridgehead atoms. The molecule has 216 valence electrons. The molecule has 2 heterocycles. The molecule has 3 aromatic carbocycles. The molecule has 0 fully saturated rings. The van der Waals surface area contributed by atoms with Gasteiger partial charge in [-0.2, -0.15) is 0 Å². The van der Waals surface area contributed by atoms with Crippen molar-refractivity contribution in [1.29, 1.82) is 0 Å². The molecule has 2 aromatic heterocycles. The smallest absolute Gasteiger partial charge is 0.272 e. The molecule has 5 aromatic rings. The van der Waals surface area contributed by atoms with Crippen LogP contribution in [0.25, 0.3) is 16.6 Å². The molecule has 0 aliphatic rings. The maximum absolute atomic E-state index is 14.6. The van der Waals surface area contributed by atoms with Crippen LogP contribution in [0.4, 0.5) is 15.2 Å². The summed E-state index contributed by atoms with van der Waals surface area (Å²) in [6.07, 6.45) is 1.19. The Kier molecular flexibility index (Phi) is 10.0. The molecule has 0 atom stereocenters. The van der Waals surface area contributed by atoms with E-state index in [9.17, 15) is 18.8 Å². The second kappa shape index (κ2) is 14.3. The van der Waals surface area contributed by atoms with E-state index >= 15 is 0 Å². The summed E-state index contributed by atoms with van der Waals surface area (Å²) in [5, 5.41) is 12.6. The number of carbonyl (C=O) groups is 3. The third-order valence-electron chi connectivity index (χ3n) is 5.80. The summed E-state index contributed by atoms with van der Waals surface area (Å²) in [6.45, 7) is 0. The highest BCUT2D eigenvalue weighted by Gasteiger charge is 2.17. The first-order valence-electron chi connectivity index (χ1n) is 12.7. The molecule has 0 spiro atoms. The second-order valence-corrected chi connectivity index (χ2v) is 12.1. The number of thiophene rings is 1. The number of hydrogen-bond donors (Lipinski definition) is 3. The normalized spacial score (nSPS) is 11.2. The lowest BCUT2D eigenvalue weighted by Gasteiger charge is -2.13. The Hall–Kier alpha value is -4.29. The summed E-state index contributed by atoms with van der Waals surface area (Å²) >= 11 is 10.4. The van der Waals surface area contributed by atoms with Gasteiger partial charge in [-0.25, -0.2) is 9.37 Å². The molecule has 0 radical (unpaired) electrons. The number of benzene rings is 3. The average molecular weight is 649 g/mol. The molecule has 0 aliphatic heterocycles. The Morgan fingerprint density at radius 2 is 1.74 bits per heavy atom. The fourth-order valence-electron chi connectivity index (χ4n) is 3.77. The molecule has 7 nitrogen and oxygen atoms in total. The minimum absolute atomic E-state index is 0.0410. The van der Waals surface area contributed by atoms with E-state index in [0.29, 0.717) is 16.4 Å². The first-order valence-corrected chi connectivity index (χ1v) is 15.8. The standard InChI is InChI=1S/C31H22ClFN4O3S3/c32-23-11-5-12-24(33)22(23)16-25(35-29(39)19-7-2-1-3-8-19)30(40)34-20-9-4-10-21(15-20)42-18-28(38)37-31-36-26(17-43-31)27-13-6-14-41-27/h1-17H,18H2,(H,34,40)(H,35,39)(H,36,37,38)/b25-16+. The van der Waals surface area contributed by atoms with Gasteiger partial charge in [0.25, 0.3) is 11.8 Å². The molecular formula is C31H22ClFN4O3S3. The number of aromatic nitrogens is 1. The SMILES string of the molecule is O=C(CSc1cccc(NC(=O)/C(=C\c2c(F)cccc2Cl)NC(=O)c2ccccc2)c1)Nc1nc(-c2cccs2)cs1. The van der Waals surface area contributed by atoms with E-state index in [4.69, 9.17) is 11.6 Å². The second-order valence-electron chi connectivity index (χ2n) is 8.85. The number of thiazole rings is 1. The van der Waals surface area contributed by atoms with Gasteiger partial charge >= 0.3 is 0 Å². The van der Waals surface area contributed by atoms with Crippen LogP contribution in [0.5, 0.6) is 0 Å². The summed E-state index contributed by atoms with van der Waals surface area (Å²) in [7, 11) is 0. The highest BCUT2D eigenvalue weighted by atomic mass is 35.5. The third-order valence-corrected chi connectivity index (χ3v) is 8.78. The van der Waals surface area contributed by atoms with Crippen molar-refractivity contribution in [3.8, 4) is 10.6 Å². The maximum Gasteiger partial charge on any atom is 0.272 e. The number of amides is 3. The molecular weight excluding hydrogens is 627 g/mol. The Morgan fingerprint density at radius 3 is 2.51 bits per heavy atom. The fourth-order valence-corrected chi connectivity index (χ4v) is 6.23. The number of halogens is 2. The van der Waals surface area contributed by atoms with Crippen molar-refractivity contribution in [2.24, 2.45) is 0 Å². The zero-order valence-electron chi connectivity index (χ0n) is 22.2. The van der Waals surface area contributed by atoms with Crippen molar-refractivity contribution in [1.82, 2.24) is 10.3 Å². The highest BCUT2D eigenvalue weighted by Crippen LogP contribution is 2.29. The predicted octanol–water partition coefficient (Wildman–Crippen LogP) is 7.80. The van der Waals surface area contributed by atoms with E-state index in [1.54, 1.807) is 65.9 Å². The van der Waals surface area contributed by atoms with E-state index in [1.165, 1.54) is 47.4 Å². The summed E-state index contributed by atoms with van der Waals surface area (Å²) in [6, 6.07) is 23.3. The lowest BCUT2D eigenvalue weighted by Crippen LogP contribution is -2.30. The lowest BCUT2D eigenvalue weighted by molar-refractivity contribution is -0.114. The van der Waals surface area contributed by atoms with Gasteiger partial charge in [-0.1, -0.05) is 48.0 Å². The van der Waals surface area contributed by atoms with Gasteiger partial charge in [0.1, 0.15) is 11.5 Å². The zero-order valence-corrected chi connectivity index (χ0v) is 25.4. The van der Waals surface area contributed by atoms with Gasteiger partial charge in [0, 0.05) is 27.1 Å². The minimum Gasteiger partial charge on any atom is -0.321 e. The Labute approximate surface area is 263 Å². The lowest BCUT2D eigenvalue weighted by atomic mass is 10.1. The van der Waals surface area contributed by atoms with Crippen molar-refractivity contribution >= 4 is 80.7 Å². The van der Waals surface area contributed by atoms with Gasteiger partial charge in [0.2, 0.25) is 5.91 Å². The largest absolute Gasteiger partial charge is 0.321 e. The van der Waals surface area contributed by atoms with Gasteiger partial charge < -0.3 is 16.0 Å². The summed E-state index contributed by atoms with van der Waals surface area (Å²) in [5.74, 6) is -1.98. The van der Waals surface area contributed by atoms with Crippen molar-refractivity contribution in [3.05, 3.63) is 123 Å². The topological polar surface area (TPSA) is 100 Å². The summed E-state index contributed by atoms with van der Waals surface area (Å²) in [5.41, 5.74) is 1.30. The van der Waals surface area contributed by atoms with Crippen molar-refractivity contribution in [2.75, 3.05) is 16.4 Å². The van der Waals surface area contributed by atoms with Crippen molar-refractivity contribution in [2.45, 2.75) is 4.90 Å². The number of nitrogens with zero attached hydrogens (tertiary/aromatic N) is 1. The van der Waals surface area contributed by atoms with Gasteiger partial charge in [0.05, 0.1) is 21.3 Å². The van der Waals surface area contributed by atoms with Crippen LogP contribution in [0.2, 0.25) is 5.02 Å². The molecule has 0 unspecified atom stereocenters. The Bertz CT molecular complexity index is 1770. The van der Waals surface area contributed by atoms with E-state index in [1.807, 2.05) is 22.9 Å². The molecule has 12 heteroatoms. The number of thioether (sulfide) groups is 1. The van der Waals surface area contributed by atoms with Gasteiger partial charge in [-0.05, 0) is 60.0 Å². The van der Waals surface area contributed by atoms with Gasteiger partial charge in [-0.15, -0.1) is 34.4 Å². The van der Waals surface area contributed by atoms with Crippen LogP contribution in [0.15, 0.2) is 106 Å². The van der Waals surface area contributed by atoms with Crippen LogP contribution in [0.3, 0.4) is 0 Å². The van der Waals surface area contributed by atoms with Crippen molar-refractivity contribution in [3.63, 3.8) is 0 Å². The average Bonchev–Trinajstić information content (AvgIpc) is 3.71. The van der Waals surface area contributed by atoms with Crippen LogP contribution in [0, 0.1) is 5.82 Å². The van der Waals surface area contributed by atoms with Crippen LogP contribution < -0.4 is 16.0 Å². The quantitative estimate of drug-likeness (QED) is 0.106. The molecule has 0 aliphatic carbocycles. The Morgan fingerprint density at radius 1 is 0.930 bits per heavy atom. The van der Waals surface area contributed by atoms with E-state index in [0.717, 1.165) is 15.5 Å². The van der Waals surface area contributed by atoms with Crippen LogP contribution in [-0.2, 0) is 9.59 Å². The first kappa shape index (κ1) is 30.2. The van der Waals surface area contributed by atoms with Crippen LogP contribution in [0.1, 0.15) is 15.9 Å². The minimum atomic E-state index is -0.686. The highest BCUT2D eigenvalue weighted by molar-refractivity contribution is 8.00. The molecule has 5 rings (SSSR count). The molecule has 3 N–H and O–H groups in total. The number of hydrogen-bond acceptors (Lipinski definition) is 7. The summed E-state index contributed by atoms with van der Waals surface area (Å²) < 4.78 is 14.6. The molecule has 0 saturated heterocycles. The van der Waals surface area contributed by atoms with Crippen molar-refractivity contribution < 1.29 is 18.8 Å². The van der Waals surface area contributed by atoms with Crippen LogP contribution in [-0.4, -0.2) is 28.5 Å². The zero-order chi connectivity index (χ0) is 30.2. The van der Waals surface area contributed by atoms with Gasteiger partial charge in [0.15, 0.2) is 5.13 Å². The third kappa shape index (κ3) is 8.17. The number of rotatable bonds is 10. The van der Waals surface area contributed by atoms with Gasteiger partial charge in [-0.3, -0.25) is 14.4 Å². The van der Waals surface area contributed by atoms with E-state index in [2.05, 4.69) is 20.9 Å². The Balaban J connectivity index is 1.26. The monoisotopic (exact) mass is 648 g/mol. The fraction of sp³-hybridized carbons (Fsp3) is 0.0323. The first-order chi connectivity index (χ1) is 20.9. The maximum atomic E-state index is 14.6. The van der Waals surface area contributed by atoms with Crippen LogP contribution >= 0.6 is 46.0 Å². The molecule has 3 amide bonds. The van der Waals surface area contributed by atoms with E-state index in [-0.39, 0.29) is 27.9 Å². The summed E-state index contributed by atoms with van der Waals surface area (Å²) in [4.78, 5) is 45.0. The molecule has 0 saturated carbocycles. The number of nitrogens with one attached hydrogen (secondary N) is 3. The molecule has 43 heavy (non-hydrogen) atoms. The van der Waals surface area contributed by atoms with E-state index < -0.39 is 17.6 Å². The predicted molar refractivity (Wildman–Crippen MR) is 173 cm³/mol. The number of carbonyl (C=O) groups excluding carboxylic acids is 3.